The second-order valence-electron chi connectivity index (χ2n) is 37.0. The van der Waals surface area contributed by atoms with Gasteiger partial charge in [-0.2, -0.15) is 0 Å². The second kappa shape index (κ2) is 25.6. The lowest BCUT2D eigenvalue weighted by atomic mass is 9.43. The van der Waals surface area contributed by atoms with Crippen LogP contribution in [0.15, 0.2) is 364 Å². The lowest BCUT2D eigenvalue weighted by Gasteiger charge is -2.61. The topological polar surface area (TPSA) is 19.7 Å². The van der Waals surface area contributed by atoms with Crippen LogP contribution in [0.5, 0.6) is 0 Å². The number of para-hydroxylation sites is 4. The largest absolute Gasteiger partial charge is 0.309 e. The fourth-order valence-electron chi connectivity index (χ4n) is 27.3. The number of fused-ring (bicyclic) bond motifs is 18. The maximum Gasteiger partial charge on any atom is 0.0547 e. The SMILES string of the molecule is c1ccc(-c2cccc(-n3c4ccccc4c4c(-c5ccc6c(c5)c5ccccc5n6-c5ccc6c(c5)-c5ccccc5C65C6CC7CC(C6)CC5C7)cccc43)c2)cc1.c1ccc(-c2cccc(-n3c4ccccc4c4cc(-c5ccc6c(c5)c5ccccc5n6-c5ccc6c(c5)-c5ccccc5C65C6CC7CC(C6)CC5C7)ccc43)c2)cc1. The fraction of sp³-hybridized carbons (Fsp3) is 0.172. The molecule has 2 spiro atoms. The number of nitrogens with zero attached hydrogens (tertiary/aromatic N) is 4. The highest BCUT2D eigenvalue weighted by Crippen LogP contribution is 2.71. The van der Waals surface area contributed by atoms with E-state index < -0.39 is 0 Å². The molecule has 572 valence electrons. The Morgan fingerprint density at radius 1 is 0.175 bits per heavy atom. The molecule has 4 heterocycles. The second-order valence-corrected chi connectivity index (χ2v) is 37.0. The van der Waals surface area contributed by atoms with Gasteiger partial charge in [0.15, 0.2) is 0 Å². The zero-order chi connectivity index (χ0) is 78.2. The standard InChI is InChI=1S/2C58H44N2/c1-2-12-38(13-3-1)39-14-10-15-43(33-39)60-54-22-9-6-18-48(54)57-45(19-11-23-56(57)60)40-24-27-55-50(34-40)47-17-5-8-21-53(47)59(55)44-25-26-52-49(35-44)46-16-4-7-20-51(46)58(52)41-29-36-28-37(31-41)32-42(58)30-36;1-2-11-38(12-3-1)39-13-10-14-44(32-39)59-54-19-8-5-16-47(54)50-33-40(21-25-56(50)59)41-22-26-57-51(34-41)48-17-6-9-20-55(48)60(57)45-23-24-53-49(35-45)46-15-4-7-18-52(46)58(53)42-28-36-27-37(30-42)31-43(58)29-36/h1-27,33-37,41-42H,28-32H2;1-26,32-37,42-43H,27-31H2. The lowest BCUT2D eigenvalue weighted by molar-refractivity contribution is -0.0399. The van der Waals surface area contributed by atoms with Crippen molar-refractivity contribution in [3.8, 4) is 89.5 Å². The molecule has 8 fully saturated rings. The van der Waals surface area contributed by atoms with Crippen LogP contribution in [0.1, 0.15) is 86.5 Å². The first-order chi connectivity index (χ1) is 59.4. The van der Waals surface area contributed by atoms with Crippen molar-refractivity contribution in [2.24, 2.45) is 47.3 Å². The molecule has 20 aromatic rings. The van der Waals surface area contributed by atoms with Gasteiger partial charge < -0.3 is 18.3 Å². The molecule has 0 radical (unpaired) electrons. The van der Waals surface area contributed by atoms with Gasteiger partial charge in [-0.15, -0.1) is 0 Å². The highest BCUT2D eigenvalue weighted by molar-refractivity contribution is 6.18. The minimum Gasteiger partial charge on any atom is -0.309 e. The molecule has 30 rings (SSSR count). The molecular formula is C116H88N4. The van der Waals surface area contributed by atoms with E-state index in [9.17, 15) is 0 Å². The molecule has 16 aromatic carbocycles. The van der Waals surface area contributed by atoms with Gasteiger partial charge >= 0.3 is 0 Å². The van der Waals surface area contributed by atoms with Gasteiger partial charge in [0.2, 0.25) is 0 Å². The first kappa shape index (κ1) is 67.7. The van der Waals surface area contributed by atoms with Crippen LogP contribution in [0, 0.1) is 47.3 Å². The molecule has 0 amide bonds. The summed E-state index contributed by atoms with van der Waals surface area (Å²) in [5, 5.41) is 10.3. The summed E-state index contributed by atoms with van der Waals surface area (Å²) >= 11 is 0. The van der Waals surface area contributed by atoms with E-state index in [1.807, 2.05) is 0 Å². The molecule has 4 heteroatoms. The van der Waals surface area contributed by atoms with E-state index in [1.54, 1.807) is 22.3 Å². The van der Waals surface area contributed by atoms with E-state index >= 15 is 0 Å². The average molecular weight is 1540 g/mol. The zero-order valence-electron chi connectivity index (χ0n) is 67.1. The molecule has 10 aliphatic rings. The Morgan fingerprint density at radius 3 is 0.917 bits per heavy atom. The highest BCUT2D eigenvalue weighted by atomic mass is 15.0. The van der Waals surface area contributed by atoms with Crippen molar-refractivity contribution >= 4 is 87.2 Å². The number of rotatable bonds is 8. The summed E-state index contributed by atoms with van der Waals surface area (Å²) in [6.07, 6.45) is 14.3. The van der Waals surface area contributed by atoms with E-state index in [4.69, 9.17) is 0 Å². The van der Waals surface area contributed by atoms with Crippen LogP contribution in [0.2, 0.25) is 0 Å². The monoisotopic (exact) mass is 1540 g/mol. The maximum absolute atomic E-state index is 2.56. The number of hydrogen-bond donors (Lipinski definition) is 0. The van der Waals surface area contributed by atoms with E-state index in [-0.39, 0.29) is 10.8 Å². The van der Waals surface area contributed by atoms with Crippen LogP contribution >= 0.6 is 0 Å². The number of aromatic nitrogens is 4. The van der Waals surface area contributed by atoms with E-state index in [0.29, 0.717) is 0 Å². The molecular weight excluding hydrogens is 1450 g/mol. The van der Waals surface area contributed by atoms with Gasteiger partial charge in [0.25, 0.3) is 0 Å². The number of hydrogen-bond acceptors (Lipinski definition) is 0. The summed E-state index contributed by atoms with van der Waals surface area (Å²) in [5.74, 6) is 6.86. The van der Waals surface area contributed by atoms with Crippen LogP contribution < -0.4 is 0 Å². The van der Waals surface area contributed by atoms with Crippen molar-refractivity contribution in [2.45, 2.75) is 75.0 Å². The first-order valence-corrected chi connectivity index (χ1v) is 44.4. The summed E-state index contributed by atoms with van der Waals surface area (Å²) in [5.41, 5.74) is 37.4. The normalized spacial score (nSPS) is 22.4. The third-order valence-electron chi connectivity index (χ3n) is 31.4. The van der Waals surface area contributed by atoms with Crippen LogP contribution in [-0.2, 0) is 10.8 Å². The molecule has 0 saturated heterocycles. The molecule has 0 unspecified atom stereocenters. The predicted molar refractivity (Wildman–Crippen MR) is 499 cm³/mol. The van der Waals surface area contributed by atoms with Crippen molar-refractivity contribution in [2.75, 3.05) is 0 Å². The summed E-state index contributed by atoms with van der Waals surface area (Å²) < 4.78 is 9.94. The molecule has 0 atom stereocenters. The molecule has 4 aromatic heterocycles. The zero-order valence-corrected chi connectivity index (χ0v) is 67.1. The predicted octanol–water partition coefficient (Wildman–Crippen LogP) is 29.9. The van der Waals surface area contributed by atoms with Crippen molar-refractivity contribution < 1.29 is 0 Å². The van der Waals surface area contributed by atoms with Gasteiger partial charge in [-0.05, 0) is 316 Å². The fourth-order valence-corrected chi connectivity index (χ4v) is 27.3. The lowest BCUT2D eigenvalue weighted by Crippen LogP contribution is -2.55. The highest BCUT2D eigenvalue weighted by Gasteiger charge is 2.63. The van der Waals surface area contributed by atoms with Crippen LogP contribution in [-0.4, -0.2) is 18.3 Å². The quantitative estimate of drug-likeness (QED) is 0.144. The van der Waals surface area contributed by atoms with Crippen LogP contribution in [0.25, 0.3) is 177 Å². The van der Waals surface area contributed by atoms with Crippen molar-refractivity contribution in [3.63, 3.8) is 0 Å². The van der Waals surface area contributed by atoms with Gasteiger partial charge in [0, 0.05) is 76.7 Å². The van der Waals surface area contributed by atoms with E-state index in [2.05, 4.69) is 382 Å². The Kier molecular flexibility index (Phi) is 14.5. The van der Waals surface area contributed by atoms with Gasteiger partial charge in [-0.25, -0.2) is 0 Å². The molecule has 0 aliphatic heterocycles. The van der Waals surface area contributed by atoms with E-state index in [0.717, 1.165) is 47.3 Å². The van der Waals surface area contributed by atoms with Crippen molar-refractivity contribution in [3.05, 3.63) is 386 Å². The third kappa shape index (κ3) is 9.54. The maximum atomic E-state index is 2.56. The summed E-state index contributed by atoms with van der Waals surface area (Å²) in [6.45, 7) is 0. The van der Waals surface area contributed by atoms with Gasteiger partial charge in [0.05, 0.1) is 44.1 Å². The van der Waals surface area contributed by atoms with E-state index in [1.165, 1.54) is 241 Å². The van der Waals surface area contributed by atoms with Gasteiger partial charge in [-0.1, -0.05) is 249 Å². The number of benzene rings is 16. The summed E-state index contributed by atoms with van der Waals surface area (Å²) in [6, 6.07) is 137. The smallest absolute Gasteiger partial charge is 0.0547 e. The Labute approximate surface area is 698 Å². The molecule has 4 nitrogen and oxygen atoms in total. The van der Waals surface area contributed by atoms with Crippen LogP contribution in [0.3, 0.4) is 0 Å². The molecule has 8 bridgehead atoms. The van der Waals surface area contributed by atoms with Gasteiger partial charge in [-0.3, -0.25) is 0 Å². The average Bonchev–Trinajstić information content (AvgIpc) is 1.50. The summed E-state index contributed by atoms with van der Waals surface area (Å²) in [7, 11) is 0. The Bertz CT molecular complexity index is 7650. The molecule has 0 N–H and O–H groups in total. The molecule has 120 heavy (non-hydrogen) atoms. The van der Waals surface area contributed by atoms with Gasteiger partial charge in [0.1, 0.15) is 0 Å². The minimum absolute atomic E-state index is 0.183. The van der Waals surface area contributed by atoms with Crippen molar-refractivity contribution in [1.29, 1.82) is 0 Å². The molecule has 10 aliphatic carbocycles. The Morgan fingerprint density at radius 2 is 0.475 bits per heavy atom. The Balaban J connectivity index is 0.000000127. The first-order valence-electron chi connectivity index (χ1n) is 44.4. The van der Waals surface area contributed by atoms with Crippen molar-refractivity contribution in [1.82, 2.24) is 18.3 Å². The van der Waals surface area contributed by atoms with Crippen LogP contribution in [0.4, 0.5) is 0 Å². The third-order valence-corrected chi connectivity index (χ3v) is 31.4. The summed E-state index contributed by atoms with van der Waals surface area (Å²) in [4.78, 5) is 0. The molecule has 8 saturated carbocycles. The Hall–Kier alpha value is -13.3. The minimum atomic E-state index is 0.183.